The Morgan fingerprint density at radius 1 is 0.906 bits per heavy atom. The summed E-state index contributed by atoms with van der Waals surface area (Å²) in [5, 5.41) is 2.98. The van der Waals surface area contributed by atoms with E-state index in [4.69, 9.17) is 0 Å². The molecule has 2 amide bonds. The molecule has 2 aromatic carbocycles. The molecule has 1 atom stereocenters. The summed E-state index contributed by atoms with van der Waals surface area (Å²) in [7, 11) is 0. The third kappa shape index (κ3) is 3.50. The summed E-state index contributed by atoms with van der Waals surface area (Å²) in [5.74, 6) is -0.283. The number of likely N-dealkylation sites (tertiary alicyclic amines) is 1. The average molecular weight is 439 g/mol. The Kier molecular flexibility index (Phi) is 5.26. The lowest BCUT2D eigenvalue weighted by Gasteiger charge is -2.51. The number of hydrogen-bond donors (Lipinski definition) is 1. The maximum absolute atomic E-state index is 13.6. The molecule has 0 bridgehead atoms. The van der Waals surface area contributed by atoms with Gasteiger partial charge in [-0.05, 0) is 66.5 Å². The van der Waals surface area contributed by atoms with Crippen LogP contribution in [0, 0.1) is 17.0 Å². The Balaban J connectivity index is 1.35. The minimum absolute atomic E-state index is 0.0462. The van der Waals surface area contributed by atoms with Gasteiger partial charge in [0.15, 0.2) is 0 Å². The number of carbonyl (C=O) groups excluding carboxylic acids is 2. The van der Waals surface area contributed by atoms with Crippen LogP contribution in [0.1, 0.15) is 55.6 Å². The quantitative estimate of drug-likeness (QED) is 0.777. The van der Waals surface area contributed by atoms with E-state index in [1.807, 2.05) is 17.0 Å². The Morgan fingerprint density at radius 2 is 1.50 bits per heavy atom. The van der Waals surface area contributed by atoms with Crippen LogP contribution in [-0.2, 0) is 15.0 Å². The lowest BCUT2D eigenvalue weighted by Crippen LogP contribution is -2.57. The van der Waals surface area contributed by atoms with Crippen LogP contribution in [-0.4, -0.2) is 36.3 Å². The predicted octanol–water partition coefficient (Wildman–Crippen LogP) is 4.30. The first-order valence-corrected chi connectivity index (χ1v) is 11.5. The van der Waals surface area contributed by atoms with E-state index in [0.717, 1.165) is 43.2 Å². The fourth-order valence-electron chi connectivity index (χ4n) is 6.01. The molecule has 0 radical (unpaired) electrons. The third-order valence-electron chi connectivity index (χ3n) is 8.09. The van der Waals surface area contributed by atoms with Crippen LogP contribution in [0.4, 0.5) is 8.78 Å². The molecule has 1 saturated carbocycles. The van der Waals surface area contributed by atoms with Crippen LogP contribution < -0.4 is 5.32 Å². The van der Waals surface area contributed by atoms with Gasteiger partial charge in [-0.15, -0.1) is 0 Å². The molecule has 1 aliphatic carbocycles. The number of nitrogens with zero attached hydrogens (tertiary/aromatic N) is 1. The maximum Gasteiger partial charge on any atom is 0.233 e. The molecule has 4 nitrogen and oxygen atoms in total. The van der Waals surface area contributed by atoms with Crippen LogP contribution in [0.5, 0.6) is 0 Å². The summed E-state index contributed by atoms with van der Waals surface area (Å²) < 4.78 is 26.9. The zero-order chi connectivity index (χ0) is 22.3. The Morgan fingerprint density at radius 3 is 2.06 bits per heavy atom. The van der Waals surface area contributed by atoms with Gasteiger partial charge in [-0.25, -0.2) is 8.78 Å². The van der Waals surface area contributed by atoms with Crippen molar-refractivity contribution >= 4 is 11.8 Å². The summed E-state index contributed by atoms with van der Waals surface area (Å²) >= 11 is 0. The second-order valence-electron chi connectivity index (χ2n) is 9.68. The lowest BCUT2D eigenvalue weighted by atomic mass is 9.61. The SMILES string of the molecule is O=C1CC2(CCN(C(=O)C3(c4ccc(F)cc4)CCC3)CC2)C(c2ccc(F)cc2)CN1. The van der Waals surface area contributed by atoms with E-state index in [9.17, 15) is 18.4 Å². The molecule has 1 N–H and O–H groups in total. The summed E-state index contributed by atoms with van der Waals surface area (Å²) in [6.45, 7) is 1.75. The third-order valence-corrected chi connectivity index (χ3v) is 8.09. The van der Waals surface area contributed by atoms with E-state index in [1.54, 1.807) is 12.1 Å². The zero-order valence-corrected chi connectivity index (χ0v) is 18.1. The number of hydrogen-bond acceptors (Lipinski definition) is 2. The highest BCUT2D eigenvalue weighted by atomic mass is 19.1. The minimum Gasteiger partial charge on any atom is -0.355 e. The maximum atomic E-state index is 13.6. The van der Waals surface area contributed by atoms with Gasteiger partial charge in [0, 0.05) is 32.0 Å². The van der Waals surface area contributed by atoms with Crippen molar-refractivity contribution in [1.29, 1.82) is 0 Å². The number of amides is 2. The minimum atomic E-state index is -0.543. The van der Waals surface area contributed by atoms with Crippen molar-refractivity contribution in [2.75, 3.05) is 19.6 Å². The Labute approximate surface area is 187 Å². The van der Waals surface area contributed by atoms with E-state index in [2.05, 4.69) is 5.32 Å². The zero-order valence-electron chi connectivity index (χ0n) is 18.1. The number of benzene rings is 2. The standard InChI is InChI=1S/C26H28F2N2O2/c27-20-6-2-18(3-7-20)22-17-29-23(31)16-25(22)12-14-30(15-13-25)24(32)26(10-1-11-26)19-4-8-21(28)9-5-19/h2-9,22H,1,10-17H2,(H,29,31). The summed E-state index contributed by atoms with van der Waals surface area (Å²) in [6, 6.07) is 12.9. The summed E-state index contributed by atoms with van der Waals surface area (Å²) in [4.78, 5) is 27.9. The fourth-order valence-corrected chi connectivity index (χ4v) is 6.01. The molecular weight excluding hydrogens is 410 g/mol. The lowest BCUT2D eigenvalue weighted by molar-refractivity contribution is -0.144. The number of nitrogens with one attached hydrogen (secondary N) is 1. The fraction of sp³-hybridized carbons (Fsp3) is 0.462. The van der Waals surface area contributed by atoms with Crippen molar-refractivity contribution in [3.8, 4) is 0 Å². The molecular formula is C26H28F2N2O2. The molecule has 32 heavy (non-hydrogen) atoms. The number of rotatable bonds is 3. The molecule has 2 saturated heterocycles. The molecule has 0 aromatic heterocycles. The normalized spacial score (nSPS) is 24.0. The second kappa shape index (κ2) is 7.98. The van der Waals surface area contributed by atoms with Crippen LogP contribution in [0.2, 0.25) is 0 Å². The van der Waals surface area contributed by atoms with Gasteiger partial charge in [-0.2, -0.15) is 0 Å². The summed E-state index contributed by atoms with van der Waals surface area (Å²) in [6.07, 6.45) is 4.49. The Hall–Kier alpha value is -2.76. The van der Waals surface area contributed by atoms with Crippen molar-refractivity contribution in [3.63, 3.8) is 0 Å². The number of halogens is 2. The summed E-state index contributed by atoms with van der Waals surface area (Å²) in [5.41, 5.74) is 1.17. The van der Waals surface area contributed by atoms with Gasteiger partial charge in [-0.3, -0.25) is 9.59 Å². The van der Waals surface area contributed by atoms with E-state index in [0.29, 0.717) is 26.1 Å². The van der Waals surface area contributed by atoms with Gasteiger partial charge in [-0.1, -0.05) is 30.7 Å². The van der Waals surface area contributed by atoms with E-state index >= 15 is 0 Å². The predicted molar refractivity (Wildman–Crippen MR) is 117 cm³/mol. The molecule has 2 aliphatic heterocycles. The van der Waals surface area contributed by atoms with Crippen molar-refractivity contribution in [2.45, 2.75) is 49.9 Å². The Bertz CT molecular complexity index is 1010. The average Bonchev–Trinajstić information content (AvgIpc) is 2.76. The van der Waals surface area contributed by atoms with Gasteiger partial charge in [0.25, 0.3) is 0 Å². The van der Waals surface area contributed by atoms with Gasteiger partial charge in [0.1, 0.15) is 11.6 Å². The van der Waals surface area contributed by atoms with Crippen molar-refractivity contribution < 1.29 is 18.4 Å². The monoisotopic (exact) mass is 438 g/mol. The van der Waals surface area contributed by atoms with Gasteiger partial charge >= 0.3 is 0 Å². The van der Waals surface area contributed by atoms with Crippen molar-refractivity contribution in [2.24, 2.45) is 5.41 Å². The van der Waals surface area contributed by atoms with Gasteiger partial charge in [0.05, 0.1) is 5.41 Å². The van der Waals surface area contributed by atoms with Crippen molar-refractivity contribution in [3.05, 3.63) is 71.3 Å². The first kappa shape index (κ1) is 21.1. The number of piperidine rings is 2. The topological polar surface area (TPSA) is 49.4 Å². The second-order valence-corrected chi connectivity index (χ2v) is 9.68. The highest BCUT2D eigenvalue weighted by Crippen LogP contribution is 2.51. The highest BCUT2D eigenvalue weighted by Gasteiger charge is 2.51. The molecule has 3 aliphatic rings. The molecule has 2 aromatic rings. The van der Waals surface area contributed by atoms with E-state index < -0.39 is 5.41 Å². The van der Waals surface area contributed by atoms with Crippen LogP contribution in [0.3, 0.4) is 0 Å². The first-order valence-electron chi connectivity index (χ1n) is 11.5. The molecule has 1 unspecified atom stereocenters. The van der Waals surface area contributed by atoms with Crippen LogP contribution in [0.25, 0.3) is 0 Å². The molecule has 3 fully saturated rings. The molecule has 2 heterocycles. The molecule has 5 rings (SSSR count). The van der Waals surface area contributed by atoms with E-state index in [1.165, 1.54) is 24.3 Å². The van der Waals surface area contributed by atoms with E-state index in [-0.39, 0.29) is 34.8 Å². The molecule has 168 valence electrons. The smallest absolute Gasteiger partial charge is 0.233 e. The highest BCUT2D eigenvalue weighted by molar-refractivity contribution is 5.89. The van der Waals surface area contributed by atoms with Gasteiger partial charge < -0.3 is 10.2 Å². The molecule has 6 heteroatoms. The number of carbonyl (C=O) groups is 2. The van der Waals surface area contributed by atoms with Crippen LogP contribution in [0.15, 0.2) is 48.5 Å². The van der Waals surface area contributed by atoms with Crippen LogP contribution >= 0.6 is 0 Å². The molecule has 1 spiro atoms. The van der Waals surface area contributed by atoms with Gasteiger partial charge in [0.2, 0.25) is 11.8 Å². The largest absolute Gasteiger partial charge is 0.355 e. The van der Waals surface area contributed by atoms with Crippen molar-refractivity contribution in [1.82, 2.24) is 10.2 Å². The first-order chi connectivity index (χ1) is 15.4.